The molecule has 0 radical (unpaired) electrons. The van der Waals surface area contributed by atoms with Crippen molar-refractivity contribution in [3.63, 3.8) is 0 Å². The quantitative estimate of drug-likeness (QED) is 0.0713. The van der Waals surface area contributed by atoms with Crippen LogP contribution in [0.2, 0.25) is 0 Å². The Kier molecular flexibility index (Phi) is 12.0. The second-order valence-electron chi connectivity index (χ2n) is 14.7. The lowest BCUT2D eigenvalue weighted by Crippen LogP contribution is -2.20. The van der Waals surface area contributed by atoms with Gasteiger partial charge in [-0.3, -0.25) is 39.6 Å². The van der Waals surface area contributed by atoms with Gasteiger partial charge in [0.2, 0.25) is 11.4 Å². The zero-order valence-electron chi connectivity index (χ0n) is 35.2. The molecule has 2 aromatic heterocycles. The minimum absolute atomic E-state index is 0.326. The Labute approximate surface area is 361 Å². The summed E-state index contributed by atoms with van der Waals surface area (Å²) in [6, 6.07) is 34.7. The number of nitrogens with zero attached hydrogens (tertiary/aromatic N) is 2. The highest BCUT2D eigenvalue weighted by atomic mass is 16.5. The number of hydrogen-bond donors (Lipinski definition) is 4. The average molecular weight is 838 g/mol. The molecule has 5 aromatic carbocycles. The van der Waals surface area contributed by atoms with Crippen LogP contribution in [0.3, 0.4) is 0 Å². The summed E-state index contributed by atoms with van der Waals surface area (Å²) in [5.74, 6) is 1.51. The molecule has 1 aliphatic rings. The van der Waals surface area contributed by atoms with E-state index in [2.05, 4.69) is 96.7 Å². The molecule has 7 aromatic rings. The van der Waals surface area contributed by atoms with Crippen molar-refractivity contribution < 1.29 is 14.0 Å². The zero-order chi connectivity index (χ0) is 44.0. The van der Waals surface area contributed by atoms with Crippen LogP contribution < -0.4 is 36.6 Å². The van der Waals surface area contributed by atoms with Crippen molar-refractivity contribution >= 4 is 55.5 Å². The summed E-state index contributed by atoms with van der Waals surface area (Å²) in [7, 11) is 3.29. The topological polar surface area (TPSA) is 156 Å². The predicted molar refractivity (Wildman–Crippen MR) is 252 cm³/mol. The molecule has 0 amide bonds. The van der Waals surface area contributed by atoms with E-state index in [1.54, 1.807) is 38.5 Å². The molecule has 0 unspecified atom stereocenters. The van der Waals surface area contributed by atoms with E-state index in [-0.39, 0.29) is 22.2 Å². The van der Waals surface area contributed by atoms with Crippen molar-refractivity contribution in [1.82, 2.24) is 20.4 Å². The Morgan fingerprint density at radius 1 is 0.571 bits per heavy atom. The summed E-state index contributed by atoms with van der Waals surface area (Å²) in [6.07, 6.45) is 14.5. The van der Waals surface area contributed by atoms with Crippen molar-refractivity contribution in [2.75, 3.05) is 32.2 Å². The number of methoxy groups -OCH3 is 2. The lowest BCUT2D eigenvalue weighted by molar-refractivity contribution is -0.434. The van der Waals surface area contributed by atoms with E-state index in [9.17, 15) is 19.2 Å². The monoisotopic (exact) mass is 837 g/mol. The van der Waals surface area contributed by atoms with Crippen LogP contribution >= 0.6 is 0 Å². The fraction of sp³-hybridized carbons (Fsp3) is 0.118. The van der Waals surface area contributed by atoms with Gasteiger partial charge in [0, 0.05) is 42.2 Å². The lowest BCUT2D eigenvalue weighted by Gasteiger charge is -2.24. The molecule has 0 spiro atoms. The summed E-state index contributed by atoms with van der Waals surface area (Å²) in [5, 5.41) is 10.9. The molecule has 0 fully saturated rings. The summed E-state index contributed by atoms with van der Waals surface area (Å²) in [6.45, 7) is 5.33. The van der Waals surface area contributed by atoms with Crippen LogP contribution in [0.15, 0.2) is 176 Å². The number of ether oxygens (including phenoxy) is 2. The number of benzene rings is 5. The van der Waals surface area contributed by atoms with Gasteiger partial charge in [-0.25, -0.2) is 0 Å². The zero-order valence-corrected chi connectivity index (χ0v) is 35.2. The van der Waals surface area contributed by atoms with Gasteiger partial charge in [-0.05, 0) is 120 Å². The molecule has 314 valence electrons. The first-order valence-corrected chi connectivity index (χ1v) is 20.5. The van der Waals surface area contributed by atoms with Crippen LogP contribution in [0.1, 0.15) is 30.5 Å². The number of nitrogens with one attached hydrogen (secondary N) is 4. The van der Waals surface area contributed by atoms with Gasteiger partial charge in [0.15, 0.2) is 0 Å². The van der Waals surface area contributed by atoms with Gasteiger partial charge in [0.25, 0.3) is 22.2 Å². The molecule has 0 atom stereocenters. The maximum Gasteiger partial charge on any atom is 0.270 e. The molecule has 12 heteroatoms. The lowest BCUT2D eigenvalue weighted by atomic mass is 9.94. The Morgan fingerprint density at radius 2 is 1.06 bits per heavy atom. The predicted octanol–water partition coefficient (Wildman–Crippen LogP) is 8.29. The van der Waals surface area contributed by atoms with E-state index in [1.165, 1.54) is 0 Å². The van der Waals surface area contributed by atoms with E-state index in [0.29, 0.717) is 34.6 Å². The van der Waals surface area contributed by atoms with Crippen molar-refractivity contribution in [2.24, 2.45) is 0 Å². The van der Waals surface area contributed by atoms with E-state index >= 15 is 0 Å². The summed E-state index contributed by atoms with van der Waals surface area (Å²) in [4.78, 5) is 52.0. The number of aromatic amines is 4. The third-order valence-corrected chi connectivity index (χ3v) is 11.1. The van der Waals surface area contributed by atoms with Gasteiger partial charge >= 0.3 is 0 Å². The minimum atomic E-state index is -0.356. The van der Waals surface area contributed by atoms with Crippen LogP contribution in [0.5, 0.6) is 11.5 Å². The molecule has 63 heavy (non-hydrogen) atoms. The Bertz CT molecular complexity index is 3270. The molecule has 12 nitrogen and oxygen atoms in total. The SMILES string of the molecule is CCN(c1ccc(C(=CC=CC(=C2C=CC(=[N+](CC)c3ccc4c(=O)[nH][nH]c(=O)c4c3)C=C2)c2ccc(OC)cc2)c2ccc(OC)cc2)cc1)c1ccc2c(=O)[nH][nH]c(=O)c2c1. The highest BCUT2D eigenvalue weighted by Gasteiger charge is 2.18. The van der Waals surface area contributed by atoms with Gasteiger partial charge in [-0.1, -0.05) is 54.6 Å². The van der Waals surface area contributed by atoms with Crippen molar-refractivity contribution in [3.8, 4) is 11.5 Å². The normalized spacial score (nSPS) is 12.7. The maximum atomic E-state index is 12.6. The number of aromatic nitrogens is 4. The second-order valence-corrected chi connectivity index (χ2v) is 14.7. The number of fused-ring (bicyclic) bond motifs is 2. The van der Waals surface area contributed by atoms with E-state index in [4.69, 9.17) is 9.47 Å². The second kappa shape index (κ2) is 18.2. The first-order valence-electron chi connectivity index (χ1n) is 20.5. The van der Waals surface area contributed by atoms with E-state index < -0.39 is 0 Å². The highest BCUT2D eigenvalue weighted by Crippen LogP contribution is 2.32. The fourth-order valence-electron chi connectivity index (χ4n) is 7.84. The van der Waals surface area contributed by atoms with Crippen molar-refractivity contribution in [2.45, 2.75) is 13.8 Å². The number of anilines is 2. The number of hydrogen-bond acceptors (Lipinski definition) is 7. The summed E-state index contributed by atoms with van der Waals surface area (Å²) in [5.41, 5.74) is 7.97. The van der Waals surface area contributed by atoms with Crippen molar-refractivity contribution in [3.05, 3.63) is 215 Å². The fourth-order valence-corrected chi connectivity index (χ4v) is 7.84. The maximum absolute atomic E-state index is 12.6. The van der Waals surface area contributed by atoms with E-state index in [1.807, 2.05) is 74.5 Å². The molecule has 0 saturated heterocycles. The molecule has 0 bridgehead atoms. The standard InChI is InChI=1S/C51H44N6O6/c1-5-56(38-22-28-44-46(30-38)50(60)54-52-48(44)58)36-18-10-32(11-19-36)42(34-14-24-40(62-3)25-15-34)8-7-9-43(35-16-26-41(63-4)27-17-35)33-12-20-37(21-13-33)57(6-2)39-23-29-45-47(31-39)51(61)55-53-49(45)59/h7-31H,5-6H2,1-4H3,(H3-,52,53,54,55,58,59,60,61)/p+1. The van der Waals surface area contributed by atoms with E-state index in [0.717, 1.165) is 67.7 Å². The number of allylic oxidation sites excluding steroid dienone is 9. The molecule has 2 heterocycles. The first-order chi connectivity index (χ1) is 30.7. The van der Waals surface area contributed by atoms with Gasteiger partial charge < -0.3 is 14.4 Å². The molecule has 0 saturated carbocycles. The van der Waals surface area contributed by atoms with Gasteiger partial charge in [0.05, 0.1) is 35.8 Å². The minimum Gasteiger partial charge on any atom is -0.497 e. The summed E-state index contributed by atoms with van der Waals surface area (Å²) < 4.78 is 13.0. The first kappa shape index (κ1) is 41.5. The molecule has 0 aliphatic heterocycles. The van der Waals surface area contributed by atoms with Crippen LogP contribution in [0.25, 0.3) is 32.7 Å². The van der Waals surface area contributed by atoms with Gasteiger partial charge in [-0.2, -0.15) is 4.58 Å². The van der Waals surface area contributed by atoms with Crippen molar-refractivity contribution in [1.29, 1.82) is 0 Å². The molecular formula is C51H45N6O6+. The highest BCUT2D eigenvalue weighted by molar-refractivity contribution is 6.04. The number of H-pyrrole nitrogens is 4. The molecule has 8 rings (SSSR count). The van der Waals surface area contributed by atoms with Gasteiger partial charge in [-0.15, -0.1) is 0 Å². The van der Waals surface area contributed by atoms with Crippen LogP contribution in [-0.2, 0) is 0 Å². The third-order valence-electron chi connectivity index (χ3n) is 11.1. The van der Waals surface area contributed by atoms with Gasteiger partial charge in [0.1, 0.15) is 18.0 Å². The Balaban J connectivity index is 1.17. The van der Waals surface area contributed by atoms with Crippen LogP contribution in [0, 0.1) is 0 Å². The third kappa shape index (κ3) is 8.55. The molecule has 4 N–H and O–H groups in total. The summed E-state index contributed by atoms with van der Waals surface area (Å²) >= 11 is 0. The molecule has 1 aliphatic carbocycles. The Hall–Kier alpha value is -8.25. The molecular weight excluding hydrogens is 793 g/mol. The largest absolute Gasteiger partial charge is 0.497 e. The Morgan fingerprint density at radius 3 is 1.60 bits per heavy atom. The van der Waals surface area contributed by atoms with Crippen LogP contribution in [-0.4, -0.2) is 58.0 Å². The number of rotatable bonds is 12. The smallest absolute Gasteiger partial charge is 0.270 e. The average Bonchev–Trinajstić information content (AvgIpc) is 3.33. The van der Waals surface area contributed by atoms with Crippen LogP contribution in [0.4, 0.5) is 17.1 Å².